The molecule has 10 aromatic heterocycles. The van der Waals surface area contributed by atoms with Crippen molar-refractivity contribution in [2.45, 2.75) is 62.2 Å². The Balaban J connectivity index is 0.000000101. The van der Waals surface area contributed by atoms with E-state index in [1.807, 2.05) is 173 Å². The predicted molar refractivity (Wildman–Crippen MR) is 521 cm³/mol. The molecule has 10 heterocycles. The van der Waals surface area contributed by atoms with Crippen LogP contribution in [0.5, 0.6) is 0 Å². The Bertz CT molecular complexity index is 9180. The van der Waals surface area contributed by atoms with Crippen molar-refractivity contribution in [1.29, 1.82) is 0 Å². The number of furan rings is 5. The molecular formula is C114H93N10O5+5. The van der Waals surface area contributed by atoms with Crippen molar-refractivity contribution in [2.75, 3.05) is 0 Å². The van der Waals surface area contributed by atoms with E-state index in [4.69, 9.17) is 35.3 Å². The zero-order chi connectivity index (χ0) is 93.3. The van der Waals surface area contributed by atoms with E-state index in [0.29, 0.717) is 27.9 Å². The molecule has 0 bridgehead atoms. The highest BCUT2D eigenvalue weighted by molar-refractivity contribution is 6.26. The average molecular weight is 1690 g/mol. The second kappa shape index (κ2) is 32.2. The molecule has 0 fully saturated rings. The summed E-state index contributed by atoms with van der Waals surface area (Å²) in [5.74, 6) is 3.25. The largest absolute Gasteiger partial charge is 0.455 e. The van der Waals surface area contributed by atoms with E-state index in [0.717, 1.165) is 172 Å². The summed E-state index contributed by atoms with van der Waals surface area (Å²) < 4.78 is 88.8. The lowest BCUT2D eigenvalue weighted by Gasteiger charge is -2.07. The molecule has 0 aliphatic carbocycles. The third-order valence-electron chi connectivity index (χ3n) is 25.3. The first-order chi connectivity index (χ1) is 65.2. The highest BCUT2D eigenvalue weighted by atomic mass is 16.3. The maximum atomic E-state index is 8.16. The van der Waals surface area contributed by atoms with Crippen LogP contribution in [0.4, 0.5) is 0 Å². The van der Waals surface area contributed by atoms with E-state index in [1.54, 1.807) is 29.2 Å². The van der Waals surface area contributed by atoms with Gasteiger partial charge in [0.25, 0.3) is 0 Å². The highest BCUT2D eigenvalue weighted by Gasteiger charge is 2.31. The molecule has 0 saturated heterocycles. The molecule has 129 heavy (non-hydrogen) atoms. The predicted octanol–water partition coefficient (Wildman–Crippen LogP) is 25.9. The molecule has 25 aromatic rings. The number of hydrogen-bond donors (Lipinski definition) is 0. The van der Waals surface area contributed by atoms with Crippen LogP contribution in [0.3, 0.4) is 0 Å². The summed E-state index contributed by atoms with van der Waals surface area (Å²) in [6, 6.07) is 88.9. The topological polar surface area (TPSA) is 150 Å². The maximum absolute atomic E-state index is 8.16. The smallest absolute Gasteiger partial charge is 0.334 e. The standard InChI is InChI=1S/4C23H19N2O.C22H17N2O/c1-14-13-18-21-17-8-5-4-7-16(17)9-10-19(21)26-22(18)20(15(14)2)23-24-11-6-12-25(23)3;1-14-13-15(2)20(23-24-11-6-12-25(23)3)22-19(14)21-17-8-5-4-7-16(17)9-10-18(21)26-22;1-14-12-24-23(25(3)13-14)20-15(2)8-10-18-21-17-7-5-4-6-16(17)9-11-19(21)26-22(18)20;1-14-8-10-18-21-17-7-5-4-6-16(17)9-11-19(21)26-22(18)20(14)23-24-15(2)12-13-25(23)3;1-14-9-11-17-21-16-7-4-3-6-15(16)10-12-19(21)25-22(17)20(14)18-8-5-13-23-24(18)2/h4*4-13H,1-3H3;3-13H,1-2H3/q5*+1/i;2*1D3;;. The van der Waals surface area contributed by atoms with Crippen molar-refractivity contribution in [1.82, 2.24) is 25.0 Å². The van der Waals surface area contributed by atoms with Gasteiger partial charge in [0.15, 0.2) is 35.1 Å². The van der Waals surface area contributed by atoms with Gasteiger partial charge in [-0.3, -0.25) is 0 Å². The number of fused-ring (bicyclic) bond motifs is 25. The Labute approximate surface area is 752 Å². The van der Waals surface area contributed by atoms with Gasteiger partial charge < -0.3 is 22.1 Å². The van der Waals surface area contributed by atoms with Crippen LogP contribution in [0.15, 0.2) is 333 Å². The van der Waals surface area contributed by atoms with Gasteiger partial charge in [-0.15, -0.1) is 0 Å². The van der Waals surface area contributed by atoms with Gasteiger partial charge in [0, 0.05) is 98.8 Å². The molecule has 0 aliphatic heterocycles. The van der Waals surface area contributed by atoms with E-state index in [-0.39, 0.29) is 5.56 Å². The second-order valence-electron chi connectivity index (χ2n) is 33.5. The number of hydrogen-bond acceptors (Lipinski definition) is 10. The number of aryl methyl sites for hydroxylation is 13. The van der Waals surface area contributed by atoms with Gasteiger partial charge in [0.2, 0.25) is 5.69 Å². The zero-order valence-corrected chi connectivity index (χ0v) is 73.5. The minimum absolute atomic E-state index is 0.212. The Hall–Kier alpha value is -16.0. The van der Waals surface area contributed by atoms with Crippen molar-refractivity contribution in [3.05, 3.63) is 361 Å². The molecule has 0 atom stereocenters. The van der Waals surface area contributed by atoms with Crippen molar-refractivity contribution in [3.63, 3.8) is 0 Å². The Morgan fingerprint density at radius 3 is 1.15 bits per heavy atom. The van der Waals surface area contributed by atoms with Gasteiger partial charge in [-0.1, -0.05) is 199 Å². The number of nitrogens with zero attached hydrogens (tertiary/aromatic N) is 10. The molecule has 25 rings (SSSR count). The van der Waals surface area contributed by atoms with Crippen LogP contribution in [0.2, 0.25) is 0 Å². The lowest BCUT2D eigenvalue weighted by atomic mass is 9.96. The normalized spacial score (nSPS) is 12.5. The Kier molecular flexibility index (Phi) is 18.3. The zero-order valence-electron chi connectivity index (χ0n) is 79.5. The van der Waals surface area contributed by atoms with Crippen molar-refractivity contribution in [3.8, 4) is 56.8 Å². The van der Waals surface area contributed by atoms with Gasteiger partial charge in [-0.25, -0.2) is 18.3 Å². The summed E-state index contributed by atoms with van der Waals surface area (Å²) in [7, 11) is 9.75. The van der Waals surface area contributed by atoms with Crippen LogP contribution < -0.4 is 23.0 Å². The van der Waals surface area contributed by atoms with Crippen LogP contribution in [0.25, 0.3) is 220 Å². The van der Waals surface area contributed by atoms with E-state index in [1.165, 1.54) is 71.4 Å². The first-order valence-corrected chi connectivity index (χ1v) is 43.1. The summed E-state index contributed by atoms with van der Waals surface area (Å²) in [6.07, 6.45) is 14.4. The lowest BCUT2D eigenvalue weighted by molar-refractivity contribution is -0.720. The molecule has 15 nitrogen and oxygen atoms in total. The van der Waals surface area contributed by atoms with E-state index < -0.39 is 13.7 Å². The maximum Gasteiger partial charge on any atom is 0.334 e. The average Bonchev–Trinajstić information content (AvgIpc) is 1.58. The summed E-state index contributed by atoms with van der Waals surface area (Å²) in [6.45, 7) is 10.0. The van der Waals surface area contributed by atoms with Gasteiger partial charge in [0.1, 0.15) is 74.3 Å². The summed E-state index contributed by atoms with van der Waals surface area (Å²) in [5.41, 5.74) is 22.5. The van der Waals surface area contributed by atoms with Crippen molar-refractivity contribution >= 4 is 164 Å². The molecule has 624 valence electrons. The van der Waals surface area contributed by atoms with Crippen LogP contribution in [-0.2, 0) is 35.2 Å². The van der Waals surface area contributed by atoms with Crippen molar-refractivity contribution in [2.24, 2.45) is 35.2 Å². The van der Waals surface area contributed by atoms with Crippen LogP contribution in [0, 0.1) is 62.2 Å². The third-order valence-corrected chi connectivity index (χ3v) is 25.3. The quantitative estimate of drug-likeness (QED) is 0.152. The fraction of sp³-hybridized carbons (Fsp3) is 0.123. The SMILES string of the molecule is Cc1cc2c(oc3ccc4ccccc4c32)c(-c2nccc[n+]2C)c1C.Cc1cc[n+](C)c(-c2c(C)ccc3c2oc2ccc4ccccc4c23)n1.Cc1ccc2c(oc3ccc4ccccc4c32)c1-c1cccn[n+]1C.[2H]C([2H])([2H])c1cc(C)c(-c2nccc[n+]2C)c2oc3ccc4ccccc4c3c12.[2H]C([2H])([2H])c1cnc(-c2c(C)ccc3c2oc2ccc4ccccc4c23)[n+](C)c1. The minimum Gasteiger partial charge on any atom is -0.455 e. The first kappa shape index (κ1) is 73.4. The number of rotatable bonds is 5. The first-order valence-electron chi connectivity index (χ1n) is 46.1. The van der Waals surface area contributed by atoms with E-state index in [2.05, 4.69) is 228 Å². The van der Waals surface area contributed by atoms with Crippen LogP contribution in [0.1, 0.15) is 58.4 Å². The second-order valence-corrected chi connectivity index (χ2v) is 33.5. The van der Waals surface area contributed by atoms with Gasteiger partial charge in [-0.2, -0.15) is 0 Å². The summed E-state index contributed by atoms with van der Waals surface area (Å²) in [5, 5.41) is 26.6. The minimum atomic E-state index is -2.26. The molecule has 0 radical (unpaired) electrons. The van der Waals surface area contributed by atoms with E-state index >= 15 is 0 Å². The monoisotopic (exact) mass is 1690 g/mol. The van der Waals surface area contributed by atoms with Gasteiger partial charge in [0.05, 0.1) is 64.7 Å². The number of aromatic nitrogens is 10. The fourth-order valence-corrected chi connectivity index (χ4v) is 18.9. The van der Waals surface area contributed by atoms with Crippen LogP contribution in [-0.4, -0.2) is 25.0 Å². The molecule has 0 aliphatic rings. The van der Waals surface area contributed by atoms with E-state index in [9.17, 15) is 0 Å². The van der Waals surface area contributed by atoms with Crippen LogP contribution >= 0.6 is 0 Å². The van der Waals surface area contributed by atoms with Gasteiger partial charge >= 0.3 is 23.3 Å². The van der Waals surface area contributed by atoms with Gasteiger partial charge in [-0.05, 0) is 216 Å². The highest BCUT2D eigenvalue weighted by Crippen LogP contribution is 2.47. The molecule has 0 N–H and O–H groups in total. The lowest BCUT2D eigenvalue weighted by Crippen LogP contribution is -2.35. The third kappa shape index (κ3) is 13.7. The molecule has 15 heteroatoms. The molecular weight excluding hydrogens is 1590 g/mol. The van der Waals surface area contributed by atoms with Crippen molar-refractivity contribution < 1.29 is 53.3 Å². The molecule has 15 aromatic carbocycles. The molecule has 0 amide bonds. The summed E-state index contributed by atoms with van der Waals surface area (Å²) in [4.78, 5) is 18.5. The summed E-state index contributed by atoms with van der Waals surface area (Å²) >= 11 is 0. The Morgan fingerprint density at radius 2 is 0.682 bits per heavy atom. The number of benzene rings is 15. The molecule has 0 spiro atoms. The molecule has 0 saturated carbocycles. The fourth-order valence-electron chi connectivity index (χ4n) is 18.9. The molecule has 0 unspecified atom stereocenters. The Morgan fingerprint density at radius 1 is 0.279 bits per heavy atom.